The lowest BCUT2D eigenvalue weighted by Crippen LogP contribution is -2.27. The van der Waals surface area contributed by atoms with Crippen molar-refractivity contribution in [2.24, 2.45) is 0 Å². The van der Waals surface area contributed by atoms with Gasteiger partial charge in [-0.15, -0.1) is 0 Å². The van der Waals surface area contributed by atoms with Gasteiger partial charge >= 0.3 is 0 Å². The van der Waals surface area contributed by atoms with Gasteiger partial charge in [0.25, 0.3) is 0 Å². The number of benzene rings is 1. The third-order valence-corrected chi connectivity index (χ3v) is 5.46. The van der Waals surface area contributed by atoms with Gasteiger partial charge in [0.2, 0.25) is 0 Å². The summed E-state index contributed by atoms with van der Waals surface area (Å²) in [6.07, 6.45) is 0. The SMILES string of the molecule is CC(C)(C)[SiH2]OC(C)(C)c1cc(-c2ccc(Cl)cc2Cl)no1. The molecule has 3 nitrogen and oxygen atoms in total. The quantitative estimate of drug-likeness (QED) is 0.705. The summed E-state index contributed by atoms with van der Waals surface area (Å²) in [6, 6.07) is 7.20. The van der Waals surface area contributed by atoms with Gasteiger partial charge in [0.15, 0.2) is 15.5 Å². The summed E-state index contributed by atoms with van der Waals surface area (Å²) in [5.74, 6) is 0.699. The van der Waals surface area contributed by atoms with Crippen molar-refractivity contribution in [3.05, 3.63) is 40.1 Å². The van der Waals surface area contributed by atoms with Crippen LogP contribution in [0.2, 0.25) is 15.1 Å². The maximum Gasteiger partial charge on any atom is 0.168 e. The Morgan fingerprint density at radius 1 is 1.09 bits per heavy atom. The molecular formula is C16H21Cl2NO2Si. The maximum atomic E-state index is 6.22. The van der Waals surface area contributed by atoms with E-state index in [1.54, 1.807) is 12.1 Å². The molecular weight excluding hydrogens is 337 g/mol. The largest absolute Gasteiger partial charge is 0.411 e. The zero-order valence-electron chi connectivity index (χ0n) is 13.5. The van der Waals surface area contributed by atoms with Crippen LogP contribution in [-0.2, 0) is 10.0 Å². The van der Waals surface area contributed by atoms with Gasteiger partial charge < -0.3 is 8.95 Å². The van der Waals surface area contributed by atoms with Crippen molar-refractivity contribution < 1.29 is 8.95 Å². The van der Waals surface area contributed by atoms with E-state index in [9.17, 15) is 0 Å². The van der Waals surface area contributed by atoms with Crippen LogP contribution in [0, 0.1) is 0 Å². The number of nitrogens with zero attached hydrogens (tertiary/aromatic N) is 1. The first-order chi connectivity index (χ1) is 10.1. The Balaban J connectivity index is 2.23. The Labute approximate surface area is 143 Å². The van der Waals surface area contributed by atoms with Crippen molar-refractivity contribution in [2.75, 3.05) is 0 Å². The van der Waals surface area contributed by atoms with Gasteiger partial charge in [0.05, 0.1) is 5.02 Å². The Kier molecular flexibility index (Phi) is 5.07. The molecule has 1 heterocycles. The van der Waals surface area contributed by atoms with Crippen molar-refractivity contribution in [1.82, 2.24) is 5.16 Å². The van der Waals surface area contributed by atoms with Crippen LogP contribution in [0.3, 0.4) is 0 Å². The molecule has 0 bridgehead atoms. The number of hydrogen-bond acceptors (Lipinski definition) is 3. The zero-order valence-corrected chi connectivity index (χ0v) is 16.5. The third-order valence-electron chi connectivity index (χ3n) is 3.18. The van der Waals surface area contributed by atoms with Gasteiger partial charge in [0, 0.05) is 16.7 Å². The molecule has 120 valence electrons. The van der Waals surface area contributed by atoms with Gasteiger partial charge in [0.1, 0.15) is 11.3 Å². The molecule has 0 N–H and O–H groups in total. The lowest BCUT2D eigenvalue weighted by Gasteiger charge is -2.27. The van der Waals surface area contributed by atoms with Gasteiger partial charge in [-0.25, -0.2) is 0 Å². The molecule has 22 heavy (non-hydrogen) atoms. The van der Waals surface area contributed by atoms with Crippen LogP contribution in [0.4, 0.5) is 0 Å². The molecule has 2 aromatic rings. The van der Waals surface area contributed by atoms with Crippen molar-refractivity contribution in [1.29, 1.82) is 0 Å². The van der Waals surface area contributed by atoms with E-state index in [-0.39, 0.29) is 5.04 Å². The molecule has 0 unspecified atom stereocenters. The summed E-state index contributed by atoms with van der Waals surface area (Å²) < 4.78 is 11.6. The molecule has 0 spiro atoms. The van der Waals surface area contributed by atoms with E-state index in [0.717, 1.165) is 5.56 Å². The highest BCUT2D eigenvalue weighted by Gasteiger charge is 2.29. The third kappa shape index (κ3) is 4.35. The molecule has 0 fully saturated rings. The second-order valence-electron chi connectivity index (χ2n) is 7.06. The molecule has 2 rings (SSSR count). The number of halogens is 2. The molecule has 0 radical (unpaired) electrons. The molecule has 0 aliphatic carbocycles. The van der Waals surface area contributed by atoms with Crippen LogP contribution in [0.25, 0.3) is 11.3 Å². The molecule has 6 heteroatoms. The van der Waals surface area contributed by atoms with Crippen LogP contribution in [0.1, 0.15) is 40.4 Å². The highest BCUT2D eigenvalue weighted by Crippen LogP contribution is 2.34. The van der Waals surface area contributed by atoms with E-state index >= 15 is 0 Å². The normalized spacial score (nSPS) is 13.2. The molecule has 1 aromatic heterocycles. The van der Waals surface area contributed by atoms with Crippen molar-refractivity contribution in [3.63, 3.8) is 0 Å². The fraction of sp³-hybridized carbons (Fsp3) is 0.438. The summed E-state index contributed by atoms with van der Waals surface area (Å²) >= 11 is 12.1. The second kappa shape index (κ2) is 6.36. The predicted molar refractivity (Wildman–Crippen MR) is 94.3 cm³/mol. The van der Waals surface area contributed by atoms with Crippen LogP contribution in [0.15, 0.2) is 28.8 Å². The number of rotatable bonds is 4. The smallest absolute Gasteiger partial charge is 0.168 e. The van der Waals surface area contributed by atoms with E-state index in [1.807, 2.05) is 26.0 Å². The number of hydrogen-bond donors (Lipinski definition) is 0. The highest BCUT2D eigenvalue weighted by molar-refractivity contribution is 6.36. The lowest BCUT2D eigenvalue weighted by atomic mass is 10.1. The highest BCUT2D eigenvalue weighted by atomic mass is 35.5. The van der Waals surface area contributed by atoms with E-state index in [2.05, 4.69) is 25.9 Å². The first kappa shape index (κ1) is 17.5. The number of aromatic nitrogens is 1. The predicted octanol–water partition coefficient (Wildman–Crippen LogP) is 5.20. The van der Waals surface area contributed by atoms with Gasteiger partial charge in [-0.1, -0.05) is 49.1 Å². The summed E-state index contributed by atoms with van der Waals surface area (Å²) in [5.41, 5.74) is 0.986. The van der Waals surface area contributed by atoms with Crippen molar-refractivity contribution >= 4 is 33.0 Å². The van der Waals surface area contributed by atoms with Crippen molar-refractivity contribution in [2.45, 2.75) is 45.3 Å². The minimum Gasteiger partial charge on any atom is -0.411 e. The Morgan fingerprint density at radius 3 is 2.36 bits per heavy atom. The first-order valence-corrected chi connectivity index (χ1v) is 9.19. The maximum absolute atomic E-state index is 6.22. The van der Waals surface area contributed by atoms with E-state index in [4.69, 9.17) is 32.2 Å². The fourth-order valence-electron chi connectivity index (χ4n) is 1.85. The average Bonchev–Trinajstić information content (AvgIpc) is 2.86. The van der Waals surface area contributed by atoms with Crippen LogP contribution in [0.5, 0.6) is 0 Å². The monoisotopic (exact) mass is 357 g/mol. The Bertz CT molecular complexity index is 662. The van der Waals surface area contributed by atoms with Crippen LogP contribution >= 0.6 is 23.2 Å². The summed E-state index contributed by atoms with van der Waals surface area (Å²) in [6.45, 7) is 10.6. The Morgan fingerprint density at radius 2 is 1.77 bits per heavy atom. The van der Waals surface area contributed by atoms with Crippen LogP contribution < -0.4 is 0 Å². The first-order valence-electron chi connectivity index (χ1n) is 7.15. The summed E-state index contributed by atoms with van der Waals surface area (Å²) in [5, 5.41) is 5.49. The topological polar surface area (TPSA) is 35.3 Å². The average molecular weight is 358 g/mol. The van der Waals surface area contributed by atoms with Gasteiger partial charge in [-0.3, -0.25) is 0 Å². The second-order valence-corrected chi connectivity index (χ2v) is 10.6. The van der Waals surface area contributed by atoms with E-state index in [0.29, 0.717) is 21.5 Å². The molecule has 0 aliphatic rings. The summed E-state index contributed by atoms with van der Waals surface area (Å²) in [4.78, 5) is 0. The summed E-state index contributed by atoms with van der Waals surface area (Å²) in [7, 11) is -0.696. The minimum atomic E-state index is -0.696. The molecule has 0 aliphatic heterocycles. The minimum absolute atomic E-state index is 0.222. The fourth-order valence-corrected chi connectivity index (χ4v) is 3.29. The van der Waals surface area contributed by atoms with Gasteiger partial charge in [-0.05, 0) is 37.1 Å². The van der Waals surface area contributed by atoms with E-state index < -0.39 is 15.4 Å². The lowest BCUT2D eigenvalue weighted by molar-refractivity contribution is 0.0752. The molecule has 0 saturated carbocycles. The zero-order chi connectivity index (χ0) is 16.5. The van der Waals surface area contributed by atoms with Crippen LogP contribution in [-0.4, -0.2) is 14.9 Å². The molecule has 1 aromatic carbocycles. The molecule has 0 saturated heterocycles. The molecule has 0 amide bonds. The molecule has 0 atom stereocenters. The van der Waals surface area contributed by atoms with E-state index in [1.165, 1.54) is 0 Å². The standard InChI is InChI=1S/C16H21Cl2NO2Si/c1-15(2,3)22-21-16(4,5)14-9-13(19-20-14)11-7-6-10(17)8-12(11)18/h6-9H,22H2,1-5H3. The Hall–Kier alpha value is -0.813. The van der Waals surface area contributed by atoms with Crippen molar-refractivity contribution in [3.8, 4) is 11.3 Å². The van der Waals surface area contributed by atoms with Gasteiger partial charge in [-0.2, -0.15) is 0 Å².